The summed E-state index contributed by atoms with van der Waals surface area (Å²) >= 11 is 0. The molecule has 1 N–H and O–H groups in total. The molecule has 1 heterocycles. The maximum Gasteiger partial charge on any atom is 0.251 e. The number of anilines is 1. The van der Waals surface area contributed by atoms with Crippen molar-refractivity contribution in [3.05, 3.63) is 29.8 Å². The van der Waals surface area contributed by atoms with Crippen LogP contribution >= 0.6 is 0 Å². The van der Waals surface area contributed by atoms with Crippen molar-refractivity contribution in [1.29, 1.82) is 0 Å². The third kappa shape index (κ3) is 3.39. The summed E-state index contributed by atoms with van der Waals surface area (Å²) in [6, 6.07) is 6.09. The summed E-state index contributed by atoms with van der Waals surface area (Å²) in [7, 11) is -3.67. The molecule has 1 fully saturated rings. The topological polar surface area (TPSA) is 83.6 Å². The molecular formula is C16H22N2O4S. The van der Waals surface area contributed by atoms with Crippen LogP contribution < -0.4 is 9.62 Å². The predicted octanol–water partition coefficient (Wildman–Crippen LogP) is 1.92. The zero-order valence-electron chi connectivity index (χ0n) is 13.8. The number of hydrogen-bond donors (Lipinski definition) is 1. The van der Waals surface area contributed by atoms with E-state index in [4.69, 9.17) is 0 Å². The van der Waals surface area contributed by atoms with E-state index in [9.17, 15) is 18.0 Å². The summed E-state index contributed by atoms with van der Waals surface area (Å²) in [4.78, 5) is 24.3. The molecule has 6 nitrogen and oxygen atoms in total. The first-order chi connectivity index (χ1) is 10.6. The number of nitrogens with one attached hydrogen (secondary N) is 1. The number of sulfonamides is 1. The Morgan fingerprint density at radius 3 is 2.30 bits per heavy atom. The molecule has 1 aliphatic rings. The third-order valence-electron chi connectivity index (χ3n) is 3.94. The molecule has 0 bridgehead atoms. The highest BCUT2D eigenvalue weighted by Crippen LogP contribution is 2.35. The van der Waals surface area contributed by atoms with Gasteiger partial charge in [-0.1, -0.05) is 6.92 Å². The molecule has 23 heavy (non-hydrogen) atoms. The largest absolute Gasteiger partial charge is 0.350 e. The highest BCUT2D eigenvalue weighted by Gasteiger charge is 2.49. The van der Waals surface area contributed by atoms with E-state index >= 15 is 0 Å². The van der Waals surface area contributed by atoms with Crippen LogP contribution in [0.1, 0.15) is 44.5 Å². The lowest BCUT2D eigenvalue weighted by atomic mass is 9.95. The Bertz CT molecular complexity index is 723. The predicted molar refractivity (Wildman–Crippen MR) is 88.7 cm³/mol. The van der Waals surface area contributed by atoms with Crippen molar-refractivity contribution in [2.24, 2.45) is 5.41 Å². The van der Waals surface area contributed by atoms with Gasteiger partial charge in [-0.25, -0.2) is 12.7 Å². The molecule has 0 saturated carbocycles. The minimum atomic E-state index is -3.67. The smallest absolute Gasteiger partial charge is 0.251 e. The average Bonchev–Trinajstić information content (AvgIpc) is 2.62. The van der Waals surface area contributed by atoms with Crippen LogP contribution in [0.15, 0.2) is 24.3 Å². The normalized spacial score (nSPS) is 20.3. The fourth-order valence-corrected chi connectivity index (χ4v) is 4.53. The summed E-state index contributed by atoms with van der Waals surface area (Å²) in [6.45, 7) is 7.10. The van der Waals surface area contributed by atoms with Gasteiger partial charge in [-0.3, -0.25) is 9.59 Å². The second-order valence-electron chi connectivity index (χ2n) is 6.54. The Morgan fingerprint density at radius 2 is 1.87 bits per heavy atom. The number of amides is 2. The number of benzene rings is 1. The standard InChI is InChI=1S/C16H22N2O4S/c1-5-11(2)17-14(19)12-6-8-13(9-7-12)18-15(20)16(3,4)10-23(18,21)22/h6-9,11H,5,10H2,1-4H3,(H,17,19). The van der Waals surface area contributed by atoms with Crippen LogP contribution in [0, 0.1) is 5.41 Å². The third-order valence-corrected chi connectivity index (χ3v) is 5.96. The molecule has 2 rings (SSSR count). The fraction of sp³-hybridized carbons (Fsp3) is 0.500. The van der Waals surface area contributed by atoms with Crippen LogP contribution in [0.4, 0.5) is 5.69 Å². The Balaban J connectivity index is 2.27. The zero-order chi connectivity index (χ0) is 17.4. The van der Waals surface area contributed by atoms with E-state index in [-0.39, 0.29) is 23.4 Å². The minimum absolute atomic E-state index is 0.0588. The summed E-state index contributed by atoms with van der Waals surface area (Å²) < 4.78 is 25.3. The molecule has 1 atom stereocenters. The van der Waals surface area contributed by atoms with Crippen molar-refractivity contribution < 1.29 is 18.0 Å². The first-order valence-electron chi connectivity index (χ1n) is 7.57. The van der Waals surface area contributed by atoms with E-state index in [1.165, 1.54) is 24.3 Å². The van der Waals surface area contributed by atoms with Crippen LogP contribution in [-0.2, 0) is 14.8 Å². The molecular weight excluding hydrogens is 316 g/mol. The van der Waals surface area contributed by atoms with Gasteiger partial charge >= 0.3 is 0 Å². The Hall–Kier alpha value is -1.89. The number of carbonyl (C=O) groups is 2. The summed E-state index contributed by atoms with van der Waals surface area (Å²) in [5.74, 6) is -0.883. The molecule has 7 heteroatoms. The molecule has 1 unspecified atom stereocenters. The van der Waals surface area contributed by atoms with E-state index in [2.05, 4.69) is 5.32 Å². The first kappa shape index (κ1) is 17.5. The van der Waals surface area contributed by atoms with E-state index < -0.39 is 21.3 Å². The average molecular weight is 338 g/mol. The fourth-order valence-electron chi connectivity index (χ4n) is 2.42. The molecule has 126 valence electrons. The van der Waals surface area contributed by atoms with Gasteiger partial charge in [0.25, 0.3) is 5.91 Å². The van der Waals surface area contributed by atoms with Crippen molar-refractivity contribution in [3.63, 3.8) is 0 Å². The molecule has 1 aliphatic heterocycles. The van der Waals surface area contributed by atoms with Crippen LogP contribution in [0.3, 0.4) is 0 Å². The molecule has 0 radical (unpaired) electrons. The second-order valence-corrected chi connectivity index (χ2v) is 8.36. The van der Waals surface area contributed by atoms with Crippen molar-refractivity contribution >= 4 is 27.5 Å². The highest BCUT2D eigenvalue weighted by molar-refractivity contribution is 7.94. The molecule has 1 aromatic rings. The van der Waals surface area contributed by atoms with Gasteiger partial charge in [-0.2, -0.15) is 0 Å². The molecule has 2 amide bonds. The van der Waals surface area contributed by atoms with Gasteiger partial charge in [-0.15, -0.1) is 0 Å². The van der Waals surface area contributed by atoms with Crippen molar-refractivity contribution in [3.8, 4) is 0 Å². The maximum absolute atomic E-state index is 12.3. The van der Waals surface area contributed by atoms with Gasteiger partial charge < -0.3 is 5.32 Å². The van der Waals surface area contributed by atoms with Crippen molar-refractivity contribution in [2.75, 3.05) is 10.1 Å². The summed E-state index contributed by atoms with van der Waals surface area (Å²) in [6.07, 6.45) is 0.819. The van der Waals surface area contributed by atoms with Gasteiger partial charge in [-0.05, 0) is 51.5 Å². The SMILES string of the molecule is CCC(C)NC(=O)c1ccc(N2C(=O)C(C)(C)CS2(=O)=O)cc1. The molecule has 0 aromatic heterocycles. The summed E-state index contributed by atoms with van der Waals surface area (Å²) in [5, 5.41) is 2.84. The Kier molecular flexibility index (Phi) is 4.52. The summed E-state index contributed by atoms with van der Waals surface area (Å²) in [5.41, 5.74) is -0.246. The van der Waals surface area contributed by atoms with E-state index in [1.807, 2.05) is 13.8 Å². The van der Waals surface area contributed by atoms with Crippen LogP contribution in [0.2, 0.25) is 0 Å². The first-order valence-corrected chi connectivity index (χ1v) is 9.18. The number of rotatable bonds is 4. The zero-order valence-corrected chi connectivity index (χ0v) is 14.6. The molecule has 1 saturated heterocycles. The van der Waals surface area contributed by atoms with Gasteiger partial charge in [0.15, 0.2) is 0 Å². The quantitative estimate of drug-likeness (QED) is 0.909. The lowest BCUT2D eigenvalue weighted by Crippen LogP contribution is -2.33. The monoisotopic (exact) mass is 338 g/mol. The van der Waals surface area contributed by atoms with Gasteiger partial charge in [0.05, 0.1) is 16.9 Å². The van der Waals surface area contributed by atoms with Gasteiger partial charge in [0, 0.05) is 11.6 Å². The van der Waals surface area contributed by atoms with Crippen molar-refractivity contribution in [1.82, 2.24) is 5.32 Å². The molecule has 0 aliphatic carbocycles. The Labute approximate surface area is 136 Å². The maximum atomic E-state index is 12.3. The van der Waals surface area contributed by atoms with Crippen molar-refractivity contribution in [2.45, 2.75) is 40.2 Å². The number of carbonyl (C=O) groups excluding carboxylic acids is 2. The highest BCUT2D eigenvalue weighted by atomic mass is 32.2. The molecule has 0 spiro atoms. The van der Waals surface area contributed by atoms with Crippen LogP contribution in [-0.4, -0.2) is 32.0 Å². The van der Waals surface area contributed by atoms with E-state index in [1.54, 1.807) is 13.8 Å². The lowest BCUT2D eigenvalue weighted by Gasteiger charge is -2.18. The Morgan fingerprint density at radius 1 is 1.30 bits per heavy atom. The van der Waals surface area contributed by atoms with Crippen LogP contribution in [0.25, 0.3) is 0 Å². The van der Waals surface area contributed by atoms with E-state index in [0.717, 1.165) is 10.7 Å². The molecule has 1 aromatic carbocycles. The minimum Gasteiger partial charge on any atom is -0.350 e. The number of nitrogens with zero attached hydrogens (tertiary/aromatic N) is 1. The van der Waals surface area contributed by atoms with Crippen LogP contribution in [0.5, 0.6) is 0 Å². The lowest BCUT2D eigenvalue weighted by molar-refractivity contribution is -0.123. The van der Waals surface area contributed by atoms with Gasteiger partial charge in [0.2, 0.25) is 15.9 Å². The second kappa shape index (κ2) is 5.96. The number of hydrogen-bond acceptors (Lipinski definition) is 4. The van der Waals surface area contributed by atoms with E-state index in [0.29, 0.717) is 5.56 Å². The van der Waals surface area contributed by atoms with Gasteiger partial charge in [0.1, 0.15) is 0 Å².